The molecule has 6 nitrogen and oxygen atoms in total. The second kappa shape index (κ2) is 18.9. The molecule has 6 heteroatoms. The first kappa shape index (κ1) is 26.5. The van der Waals surface area contributed by atoms with Crippen molar-refractivity contribution in [1.82, 2.24) is 10.6 Å². The highest BCUT2D eigenvalue weighted by atomic mass is 15.1. The Hall–Kier alpha value is -1.46. The maximum absolute atomic E-state index is 5.92. The van der Waals surface area contributed by atoms with E-state index in [0.29, 0.717) is 23.8 Å². The SMILES string of the molecule is CCCCC(C)CN=C(N)NCCCCCCNC(N)=NCC(C)CCCC. The predicted octanol–water partition coefficient (Wildman–Crippen LogP) is 4.01. The minimum atomic E-state index is 0.585. The van der Waals surface area contributed by atoms with Gasteiger partial charge in [0.15, 0.2) is 11.9 Å². The van der Waals surface area contributed by atoms with Gasteiger partial charge in [-0.1, -0.05) is 66.2 Å². The topological polar surface area (TPSA) is 101 Å². The normalized spacial score (nSPS) is 14.7. The summed E-state index contributed by atoms with van der Waals surface area (Å²) in [5.74, 6) is 2.40. The van der Waals surface area contributed by atoms with E-state index in [1.807, 2.05) is 0 Å². The molecule has 0 aromatic rings. The van der Waals surface area contributed by atoms with Crippen LogP contribution in [0, 0.1) is 11.8 Å². The van der Waals surface area contributed by atoms with E-state index in [1.165, 1.54) is 51.4 Å². The molecule has 0 heterocycles. The molecular weight excluding hydrogens is 348 g/mol. The van der Waals surface area contributed by atoms with Crippen molar-refractivity contribution in [3.8, 4) is 0 Å². The Morgan fingerprint density at radius 2 is 1.07 bits per heavy atom. The standard InChI is InChI=1S/C22H48N6/c1-5-7-13-19(3)17-27-21(23)25-15-11-9-10-12-16-26-22(24)28-18-20(4)14-8-6-2/h19-20H,5-18H2,1-4H3,(H3,23,25,27)(H3,24,26,28). The highest BCUT2D eigenvalue weighted by Crippen LogP contribution is 2.08. The number of nitrogens with one attached hydrogen (secondary N) is 2. The highest BCUT2D eigenvalue weighted by Gasteiger charge is 2.01. The van der Waals surface area contributed by atoms with Crippen LogP contribution in [0.5, 0.6) is 0 Å². The number of hydrogen-bond acceptors (Lipinski definition) is 2. The fourth-order valence-electron chi connectivity index (χ4n) is 2.94. The number of rotatable bonds is 17. The molecule has 0 bridgehead atoms. The third-order valence-corrected chi connectivity index (χ3v) is 4.96. The van der Waals surface area contributed by atoms with Crippen LogP contribution in [0.2, 0.25) is 0 Å². The summed E-state index contributed by atoms with van der Waals surface area (Å²) in [5, 5.41) is 6.44. The van der Waals surface area contributed by atoms with Crippen LogP contribution in [0.15, 0.2) is 9.98 Å². The first-order valence-electron chi connectivity index (χ1n) is 11.6. The van der Waals surface area contributed by atoms with Crippen molar-refractivity contribution in [2.24, 2.45) is 33.3 Å². The van der Waals surface area contributed by atoms with Crippen LogP contribution in [0.1, 0.15) is 91.9 Å². The van der Waals surface area contributed by atoms with Crippen molar-refractivity contribution < 1.29 is 0 Å². The van der Waals surface area contributed by atoms with Crippen molar-refractivity contribution in [2.75, 3.05) is 26.2 Å². The molecule has 0 fully saturated rings. The second-order valence-corrected chi connectivity index (χ2v) is 8.21. The van der Waals surface area contributed by atoms with Gasteiger partial charge in [0.05, 0.1) is 0 Å². The Morgan fingerprint density at radius 3 is 1.43 bits per heavy atom. The molecular formula is C22H48N6. The fraction of sp³-hybridized carbons (Fsp3) is 0.909. The lowest BCUT2D eigenvalue weighted by molar-refractivity contribution is 0.515. The summed E-state index contributed by atoms with van der Waals surface area (Å²) < 4.78 is 0. The second-order valence-electron chi connectivity index (χ2n) is 8.21. The number of nitrogens with zero attached hydrogens (tertiary/aromatic N) is 2. The van der Waals surface area contributed by atoms with Crippen molar-refractivity contribution >= 4 is 11.9 Å². The van der Waals surface area contributed by atoms with E-state index in [4.69, 9.17) is 11.5 Å². The summed E-state index contributed by atoms with van der Waals surface area (Å²) in [6, 6.07) is 0. The zero-order chi connectivity index (χ0) is 21.0. The van der Waals surface area contributed by atoms with Crippen LogP contribution < -0.4 is 22.1 Å². The molecule has 28 heavy (non-hydrogen) atoms. The van der Waals surface area contributed by atoms with E-state index in [-0.39, 0.29) is 0 Å². The van der Waals surface area contributed by atoms with Crippen LogP contribution in [0.3, 0.4) is 0 Å². The van der Waals surface area contributed by atoms with Gasteiger partial charge < -0.3 is 22.1 Å². The van der Waals surface area contributed by atoms with E-state index in [2.05, 4.69) is 48.3 Å². The van der Waals surface area contributed by atoms with Crippen LogP contribution >= 0.6 is 0 Å². The van der Waals surface area contributed by atoms with Gasteiger partial charge in [-0.2, -0.15) is 0 Å². The van der Waals surface area contributed by atoms with Gasteiger partial charge in [0.2, 0.25) is 0 Å². The summed E-state index contributed by atoms with van der Waals surface area (Å²) in [6.07, 6.45) is 12.1. The van der Waals surface area contributed by atoms with Gasteiger partial charge in [0.1, 0.15) is 0 Å². The number of aliphatic imine (C=N–C) groups is 2. The zero-order valence-electron chi connectivity index (χ0n) is 19.1. The van der Waals surface area contributed by atoms with Gasteiger partial charge in [-0.25, -0.2) is 0 Å². The quantitative estimate of drug-likeness (QED) is 0.169. The number of hydrogen-bond donors (Lipinski definition) is 4. The van der Waals surface area contributed by atoms with E-state index >= 15 is 0 Å². The zero-order valence-corrected chi connectivity index (χ0v) is 19.1. The molecule has 0 saturated carbocycles. The minimum absolute atomic E-state index is 0.585. The van der Waals surface area contributed by atoms with Gasteiger partial charge in [0, 0.05) is 26.2 Å². The lowest BCUT2D eigenvalue weighted by Crippen LogP contribution is -2.33. The number of nitrogens with two attached hydrogens (primary N) is 2. The third kappa shape index (κ3) is 17.9. The van der Waals surface area contributed by atoms with E-state index < -0.39 is 0 Å². The fourth-order valence-corrected chi connectivity index (χ4v) is 2.94. The summed E-state index contributed by atoms with van der Waals surface area (Å²) in [7, 11) is 0. The Labute approximate surface area is 174 Å². The first-order valence-corrected chi connectivity index (χ1v) is 11.6. The average molecular weight is 397 g/mol. The number of unbranched alkanes of at least 4 members (excludes halogenated alkanes) is 5. The third-order valence-electron chi connectivity index (χ3n) is 4.96. The van der Waals surface area contributed by atoms with Crippen molar-refractivity contribution in [3.05, 3.63) is 0 Å². The Morgan fingerprint density at radius 1 is 0.679 bits per heavy atom. The molecule has 0 aromatic carbocycles. The van der Waals surface area contributed by atoms with Crippen LogP contribution in [0.4, 0.5) is 0 Å². The molecule has 2 unspecified atom stereocenters. The Bertz CT molecular complexity index is 370. The molecule has 0 spiro atoms. The van der Waals surface area contributed by atoms with Crippen molar-refractivity contribution in [1.29, 1.82) is 0 Å². The highest BCUT2D eigenvalue weighted by molar-refractivity contribution is 5.78. The molecule has 0 saturated heterocycles. The largest absolute Gasteiger partial charge is 0.370 e. The molecule has 0 rings (SSSR count). The van der Waals surface area contributed by atoms with E-state index in [1.54, 1.807) is 0 Å². The molecule has 6 N–H and O–H groups in total. The monoisotopic (exact) mass is 396 g/mol. The molecule has 166 valence electrons. The van der Waals surface area contributed by atoms with Gasteiger partial charge >= 0.3 is 0 Å². The first-order chi connectivity index (χ1) is 13.5. The minimum Gasteiger partial charge on any atom is -0.370 e. The maximum atomic E-state index is 5.92. The van der Waals surface area contributed by atoms with Gasteiger partial charge in [0.25, 0.3) is 0 Å². The van der Waals surface area contributed by atoms with Crippen LogP contribution in [0.25, 0.3) is 0 Å². The van der Waals surface area contributed by atoms with Gasteiger partial charge in [-0.05, 0) is 37.5 Å². The smallest absolute Gasteiger partial charge is 0.188 e. The molecule has 0 radical (unpaired) electrons. The summed E-state index contributed by atoms with van der Waals surface area (Å²) in [5.41, 5.74) is 11.8. The summed E-state index contributed by atoms with van der Waals surface area (Å²) in [6.45, 7) is 12.4. The van der Waals surface area contributed by atoms with E-state index in [0.717, 1.165) is 39.0 Å². The molecule has 0 aliphatic heterocycles. The maximum Gasteiger partial charge on any atom is 0.188 e. The van der Waals surface area contributed by atoms with Crippen LogP contribution in [-0.4, -0.2) is 38.1 Å². The van der Waals surface area contributed by atoms with Crippen molar-refractivity contribution in [2.45, 2.75) is 91.9 Å². The Balaban J connectivity index is 3.58. The van der Waals surface area contributed by atoms with Crippen LogP contribution in [-0.2, 0) is 0 Å². The lowest BCUT2D eigenvalue weighted by Gasteiger charge is -2.10. The van der Waals surface area contributed by atoms with E-state index in [9.17, 15) is 0 Å². The molecule has 0 amide bonds. The van der Waals surface area contributed by atoms with Gasteiger partial charge in [-0.15, -0.1) is 0 Å². The molecule has 0 aromatic heterocycles. The molecule has 0 aliphatic rings. The Kier molecular flexibility index (Phi) is 17.9. The molecule has 0 aliphatic carbocycles. The van der Waals surface area contributed by atoms with Crippen molar-refractivity contribution in [3.63, 3.8) is 0 Å². The molecule has 2 atom stereocenters. The summed E-state index contributed by atoms with van der Waals surface area (Å²) in [4.78, 5) is 8.87. The predicted molar refractivity (Wildman–Crippen MR) is 125 cm³/mol. The van der Waals surface area contributed by atoms with Gasteiger partial charge in [-0.3, -0.25) is 9.98 Å². The number of guanidine groups is 2. The average Bonchev–Trinajstić information content (AvgIpc) is 2.69. The lowest BCUT2D eigenvalue weighted by atomic mass is 10.1. The summed E-state index contributed by atoms with van der Waals surface area (Å²) >= 11 is 0.